The van der Waals surface area contributed by atoms with Crippen LogP contribution in [0.2, 0.25) is 0 Å². The van der Waals surface area contributed by atoms with E-state index in [1.807, 2.05) is 4.90 Å². The van der Waals surface area contributed by atoms with Crippen LogP contribution >= 0.6 is 11.3 Å². The van der Waals surface area contributed by atoms with E-state index in [9.17, 15) is 13.2 Å². The van der Waals surface area contributed by atoms with Crippen LogP contribution in [0.25, 0.3) is 0 Å². The first-order chi connectivity index (χ1) is 11.4. The predicted octanol–water partition coefficient (Wildman–Crippen LogP) is 0.579. The Morgan fingerprint density at radius 2 is 2.29 bits per heavy atom. The van der Waals surface area contributed by atoms with Crippen molar-refractivity contribution in [3.05, 3.63) is 10.6 Å². The maximum atomic E-state index is 12.2. The fraction of sp³-hybridized carbons (Fsp3) is 0.733. The molecule has 1 fully saturated rings. The molecule has 1 unspecified atom stereocenters. The largest absolute Gasteiger partial charge is 0.301 e. The van der Waals surface area contributed by atoms with Crippen LogP contribution in [0.1, 0.15) is 23.9 Å². The van der Waals surface area contributed by atoms with Crippen molar-refractivity contribution in [1.82, 2.24) is 14.8 Å². The molecule has 7 nitrogen and oxygen atoms in total. The monoisotopic (exact) mass is 372 g/mol. The first-order valence-electron chi connectivity index (χ1n) is 8.27. The summed E-state index contributed by atoms with van der Waals surface area (Å²) in [5.74, 6) is 0.228. The quantitative estimate of drug-likeness (QED) is 0.814. The minimum atomic E-state index is -2.93. The molecule has 0 spiro atoms. The molecule has 9 heteroatoms. The smallest absolute Gasteiger partial charge is 0.240 e. The number of anilines is 1. The second-order valence-electron chi connectivity index (χ2n) is 6.53. The van der Waals surface area contributed by atoms with Gasteiger partial charge in [0.25, 0.3) is 0 Å². The van der Waals surface area contributed by atoms with Gasteiger partial charge < -0.3 is 5.32 Å². The highest BCUT2D eigenvalue weighted by Gasteiger charge is 2.31. The van der Waals surface area contributed by atoms with E-state index in [0.717, 1.165) is 31.7 Å². The zero-order chi connectivity index (χ0) is 17.3. The van der Waals surface area contributed by atoms with Gasteiger partial charge in [-0.3, -0.25) is 14.6 Å². The van der Waals surface area contributed by atoms with Gasteiger partial charge in [0.2, 0.25) is 5.91 Å². The van der Waals surface area contributed by atoms with Gasteiger partial charge in [-0.1, -0.05) is 6.92 Å². The average molecular weight is 373 g/mol. The van der Waals surface area contributed by atoms with Crippen molar-refractivity contribution in [3.8, 4) is 0 Å². The van der Waals surface area contributed by atoms with Crippen LogP contribution in [0.4, 0.5) is 5.13 Å². The van der Waals surface area contributed by atoms with Crippen LogP contribution in [0.3, 0.4) is 0 Å². The molecule has 134 valence electrons. The van der Waals surface area contributed by atoms with Gasteiger partial charge >= 0.3 is 0 Å². The molecule has 0 saturated carbocycles. The second-order valence-corrected chi connectivity index (χ2v) is 9.84. The van der Waals surface area contributed by atoms with Gasteiger partial charge in [-0.25, -0.2) is 13.4 Å². The van der Waals surface area contributed by atoms with Crippen LogP contribution in [-0.2, 0) is 27.6 Å². The van der Waals surface area contributed by atoms with Crippen molar-refractivity contribution in [1.29, 1.82) is 0 Å². The number of thiazole rings is 1. The number of carbonyl (C=O) groups is 1. The van der Waals surface area contributed by atoms with E-state index in [1.54, 1.807) is 18.4 Å². The van der Waals surface area contributed by atoms with Gasteiger partial charge in [-0.2, -0.15) is 0 Å². The van der Waals surface area contributed by atoms with Gasteiger partial charge in [0.1, 0.15) is 0 Å². The van der Waals surface area contributed by atoms with E-state index in [0.29, 0.717) is 11.6 Å². The lowest BCUT2D eigenvalue weighted by atomic mass is 10.2. The summed E-state index contributed by atoms with van der Waals surface area (Å²) in [5.41, 5.74) is 1.09. The predicted molar refractivity (Wildman–Crippen MR) is 95.1 cm³/mol. The van der Waals surface area contributed by atoms with E-state index in [-0.39, 0.29) is 30.0 Å². The third-order valence-corrected chi connectivity index (χ3v) is 7.48. The number of hydrogen-bond acceptors (Lipinski definition) is 7. The number of likely N-dealkylation sites (N-methyl/N-ethyl adjacent to an activating group) is 2. The normalized spacial score (nSPS) is 23.4. The van der Waals surface area contributed by atoms with Gasteiger partial charge in [-0.15, -0.1) is 11.3 Å². The van der Waals surface area contributed by atoms with Gasteiger partial charge in [0.05, 0.1) is 23.7 Å². The van der Waals surface area contributed by atoms with Crippen LogP contribution in [-0.4, -0.2) is 73.3 Å². The lowest BCUT2D eigenvalue weighted by Crippen LogP contribution is -2.38. The van der Waals surface area contributed by atoms with E-state index in [2.05, 4.69) is 22.1 Å². The molecule has 0 aromatic carbocycles. The molecular weight excluding hydrogens is 348 g/mol. The number of nitrogens with one attached hydrogen (secondary N) is 1. The van der Waals surface area contributed by atoms with Crippen LogP contribution in [0.15, 0.2) is 0 Å². The molecule has 0 bridgehead atoms. The Labute approximate surface area is 147 Å². The molecule has 1 saturated heterocycles. The highest BCUT2D eigenvalue weighted by atomic mass is 32.2. The number of sulfone groups is 1. The zero-order valence-electron chi connectivity index (χ0n) is 14.1. The van der Waals surface area contributed by atoms with Crippen molar-refractivity contribution in [2.24, 2.45) is 0 Å². The maximum Gasteiger partial charge on any atom is 0.240 e. The topological polar surface area (TPSA) is 82.6 Å². The Bertz CT molecular complexity index is 716. The van der Waals surface area contributed by atoms with Crippen molar-refractivity contribution in [2.45, 2.75) is 32.4 Å². The van der Waals surface area contributed by atoms with Crippen molar-refractivity contribution in [2.75, 3.05) is 43.5 Å². The molecule has 0 radical (unpaired) electrons. The highest BCUT2D eigenvalue weighted by Crippen LogP contribution is 2.28. The standard InChI is InChI=1S/C15H24N4O3S2/c1-3-19-6-4-12-13(8-19)23-15(16-12)17-14(20)9-18(2)11-5-7-24(21,22)10-11/h11H,3-10H2,1-2H3,(H,16,17,20). The Balaban J connectivity index is 1.55. The molecule has 24 heavy (non-hydrogen) atoms. The van der Waals surface area contributed by atoms with Gasteiger partial charge in [0, 0.05) is 30.4 Å². The molecule has 3 rings (SSSR count). The molecular formula is C15H24N4O3S2. The summed E-state index contributed by atoms with van der Waals surface area (Å²) < 4.78 is 23.1. The Morgan fingerprint density at radius 3 is 2.96 bits per heavy atom. The van der Waals surface area contributed by atoms with Crippen LogP contribution in [0.5, 0.6) is 0 Å². The molecule has 3 heterocycles. The zero-order valence-corrected chi connectivity index (χ0v) is 15.8. The summed E-state index contributed by atoms with van der Waals surface area (Å²) >= 11 is 1.54. The second kappa shape index (κ2) is 7.07. The maximum absolute atomic E-state index is 12.2. The number of aromatic nitrogens is 1. The lowest BCUT2D eigenvalue weighted by molar-refractivity contribution is -0.117. The molecule has 1 N–H and O–H groups in total. The number of rotatable bonds is 5. The van der Waals surface area contributed by atoms with E-state index >= 15 is 0 Å². The van der Waals surface area contributed by atoms with E-state index < -0.39 is 9.84 Å². The summed E-state index contributed by atoms with van der Waals surface area (Å²) in [6.45, 7) is 5.27. The number of nitrogens with zero attached hydrogens (tertiary/aromatic N) is 3. The Hall–Kier alpha value is -1.03. The molecule has 1 atom stereocenters. The fourth-order valence-corrected chi connectivity index (χ4v) is 6.08. The minimum absolute atomic E-state index is 0.0663. The Morgan fingerprint density at radius 1 is 1.50 bits per heavy atom. The summed E-state index contributed by atoms with van der Waals surface area (Å²) in [4.78, 5) is 22.2. The van der Waals surface area contributed by atoms with Crippen LogP contribution < -0.4 is 5.32 Å². The molecule has 2 aliphatic heterocycles. The minimum Gasteiger partial charge on any atom is -0.301 e. The molecule has 2 aliphatic rings. The van der Waals surface area contributed by atoms with Crippen molar-refractivity contribution >= 4 is 32.2 Å². The van der Waals surface area contributed by atoms with Gasteiger partial charge in [0.15, 0.2) is 15.0 Å². The number of amides is 1. The molecule has 1 amide bonds. The van der Waals surface area contributed by atoms with E-state index in [4.69, 9.17) is 0 Å². The molecule has 1 aromatic rings. The van der Waals surface area contributed by atoms with E-state index in [1.165, 1.54) is 4.88 Å². The highest BCUT2D eigenvalue weighted by molar-refractivity contribution is 7.91. The SMILES string of the molecule is CCN1CCc2nc(NC(=O)CN(C)C3CCS(=O)(=O)C3)sc2C1. The Kier molecular flexibility index (Phi) is 5.24. The van der Waals surface area contributed by atoms with Gasteiger partial charge in [-0.05, 0) is 20.0 Å². The molecule has 1 aromatic heterocycles. The number of carbonyl (C=O) groups excluding carboxylic acids is 1. The summed E-state index contributed by atoms with van der Waals surface area (Å²) in [7, 11) is -1.13. The van der Waals surface area contributed by atoms with Crippen molar-refractivity contribution < 1.29 is 13.2 Å². The average Bonchev–Trinajstić information content (AvgIpc) is 3.08. The summed E-state index contributed by atoms with van der Waals surface area (Å²) in [6, 6.07) is -0.0663. The molecule has 0 aliphatic carbocycles. The number of fused-ring (bicyclic) bond motifs is 1. The van der Waals surface area contributed by atoms with Crippen LogP contribution in [0, 0.1) is 0 Å². The first kappa shape index (κ1) is 17.8. The summed E-state index contributed by atoms with van der Waals surface area (Å²) in [5, 5.41) is 3.51. The lowest BCUT2D eigenvalue weighted by Gasteiger charge is -2.23. The number of hydrogen-bond donors (Lipinski definition) is 1. The fourth-order valence-electron chi connectivity index (χ4n) is 3.21. The summed E-state index contributed by atoms with van der Waals surface area (Å²) in [6.07, 6.45) is 1.53. The third kappa shape index (κ3) is 4.14. The third-order valence-electron chi connectivity index (χ3n) is 4.73. The first-order valence-corrected chi connectivity index (χ1v) is 10.9. The van der Waals surface area contributed by atoms with Crippen molar-refractivity contribution in [3.63, 3.8) is 0 Å².